The number of carbonyl (C=O) groups is 1. The summed E-state index contributed by atoms with van der Waals surface area (Å²) in [4.78, 5) is 12.3. The average molecular weight is 297 g/mol. The van der Waals surface area contributed by atoms with E-state index in [9.17, 15) is 4.79 Å². The van der Waals surface area contributed by atoms with Crippen LogP contribution in [0.3, 0.4) is 0 Å². The van der Waals surface area contributed by atoms with Gasteiger partial charge in [-0.25, -0.2) is 0 Å². The Labute approximate surface area is 124 Å². The molecular weight excluding hydrogens is 276 g/mol. The molecule has 1 aliphatic heterocycles. The molecule has 1 aromatic rings. The molecule has 1 fully saturated rings. The van der Waals surface area contributed by atoms with Crippen molar-refractivity contribution in [2.45, 2.75) is 19.8 Å². The number of halogens is 1. The molecule has 1 unspecified atom stereocenters. The molecule has 110 valence electrons. The molecule has 1 amide bonds. The Morgan fingerprint density at radius 1 is 1.55 bits per heavy atom. The van der Waals surface area contributed by atoms with Gasteiger partial charge < -0.3 is 15.4 Å². The fourth-order valence-corrected chi connectivity index (χ4v) is 2.67. The molecule has 4 nitrogen and oxygen atoms in total. The molecule has 1 saturated heterocycles. The van der Waals surface area contributed by atoms with E-state index in [0.717, 1.165) is 25.9 Å². The van der Waals surface area contributed by atoms with E-state index in [4.69, 9.17) is 16.3 Å². The molecule has 20 heavy (non-hydrogen) atoms. The molecule has 0 spiro atoms. The highest BCUT2D eigenvalue weighted by Crippen LogP contribution is 2.26. The molecular formula is C15H21ClN2O2. The van der Waals surface area contributed by atoms with Gasteiger partial charge in [-0.2, -0.15) is 0 Å². The smallest absolute Gasteiger partial charge is 0.255 e. The first-order chi connectivity index (χ1) is 9.54. The third kappa shape index (κ3) is 3.64. The summed E-state index contributed by atoms with van der Waals surface area (Å²) in [7, 11) is 1.54. The maximum atomic E-state index is 12.3. The maximum Gasteiger partial charge on any atom is 0.255 e. The fraction of sp³-hybridized carbons (Fsp3) is 0.533. The third-order valence-corrected chi connectivity index (χ3v) is 4.00. The molecule has 0 bridgehead atoms. The van der Waals surface area contributed by atoms with Crippen LogP contribution in [0.5, 0.6) is 5.75 Å². The van der Waals surface area contributed by atoms with Crippen molar-refractivity contribution >= 4 is 17.5 Å². The van der Waals surface area contributed by atoms with Gasteiger partial charge in [0.1, 0.15) is 5.75 Å². The maximum absolute atomic E-state index is 12.3. The molecule has 0 aliphatic carbocycles. The Morgan fingerprint density at radius 3 is 3.00 bits per heavy atom. The van der Waals surface area contributed by atoms with Crippen LogP contribution in [-0.2, 0) is 0 Å². The zero-order chi connectivity index (χ0) is 14.6. The minimum absolute atomic E-state index is 0.119. The number of amides is 1. The zero-order valence-corrected chi connectivity index (χ0v) is 12.7. The molecule has 0 aromatic heterocycles. The van der Waals surface area contributed by atoms with Crippen LogP contribution < -0.4 is 15.4 Å². The van der Waals surface area contributed by atoms with Crippen LogP contribution >= 0.6 is 11.6 Å². The summed E-state index contributed by atoms with van der Waals surface area (Å²) in [6.45, 7) is 4.85. The van der Waals surface area contributed by atoms with Gasteiger partial charge in [-0.15, -0.1) is 0 Å². The highest BCUT2D eigenvalue weighted by molar-refractivity contribution is 6.30. The number of carbonyl (C=O) groups excluding carboxylic acids is 1. The Hall–Kier alpha value is -1.26. The lowest BCUT2D eigenvalue weighted by atomic mass is 9.83. The number of nitrogens with one attached hydrogen (secondary N) is 2. The lowest BCUT2D eigenvalue weighted by Gasteiger charge is -2.34. The Balaban J connectivity index is 2.01. The number of piperidine rings is 1. The summed E-state index contributed by atoms with van der Waals surface area (Å²) in [6, 6.07) is 5.04. The average Bonchev–Trinajstić information content (AvgIpc) is 2.45. The van der Waals surface area contributed by atoms with Gasteiger partial charge in [-0.3, -0.25) is 4.79 Å². The Bertz CT molecular complexity index is 485. The van der Waals surface area contributed by atoms with Gasteiger partial charge in [0.15, 0.2) is 0 Å². The summed E-state index contributed by atoms with van der Waals surface area (Å²) in [5, 5.41) is 6.93. The first-order valence-electron chi connectivity index (χ1n) is 6.86. The van der Waals surface area contributed by atoms with E-state index in [1.165, 1.54) is 7.11 Å². The SMILES string of the molecule is COc1cc(Cl)ccc1C(=O)NCC1(C)CCCNC1. The van der Waals surface area contributed by atoms with E-state index >= 15 is 0 Å². The zero-order valence-electron chi connectivity index (χ0n) is 12.0. The molecule has 2 rings (SSSR count). The standard InChI is InChI=1S/C15H21ClN2O2/c1-15(6-3-7-17-9-15)10-18-14(19)12-5-4-11(16)8-13(12)20-2/h4-5,8,17H,3,6-7,9-10H2,1-2H3,(H,18,19). The predicted molar refractivity (Wildman–Crippen MR) is 80.5 cm³/mol. The van der Waals surface area contributed by atoms with Crippen molar-refractivity contribution in [1.29, 1.82) is 0 Å². The van der Waals surface area contributed by atoms with Crippen LogP contribution in [0, 0.1) is 5.41 Å². The number of hydrogen-bond acceptors (Lipinski definition) is 3. The highest BCUT2D eigenvalue weighted by atomic mass is 35.5. The summed E-state index contributed by atoms with van der Waals surface area (Å²) < 4.78 is 5.21. The van der Waals surface area contributed by atoms with Gasteiger partial charge in [-0.1, -0.05) is 18.5 Å². The van der Waals surface area contributed by atoms with Crippen LogP contribution in [0.4, 0.5) is 0 Å². The molecule has 5 heteroatoms. The van der Waals surface area contributed by atoms with Gasteiger partial charge in [0, 0.05) is 18.1 Å². The second kappa shape index (κ2) is 6.46. The number of ether oxygens (including phenoxy) is 1. The summed E-state index contributed by atoms with van der Waals surface area (Å²) in [5.41, 5.74) is 0.636. The lowest BCUT2D eigenvalue weighted by Crippen LogP contribution is -2.45. The van der Waals surface area contributed by atoms with Gasteiger partial charge in [0.2, 0.25) is 0 Å². The number of benzene rings is 1. The minimum Gasteiger partial charge on any atom is -0.496 e. The van der Waals surface area contributed by atoms with Gasteiger partial charge in [0.25, 0.3) is 5.91 Å². The van der Waals surface area contributed by atoms with E-state index in [0.29, 0.717) is 22.9 Å². The van der Waals surface area contributed by atoms with Crippen molar-refractivity contribution in [3.8, 4) is 5.75 Å². The second-order valence-corrected chi connectivity index (χ2v) is 6.05. The molecule has 1 atom stereocenters. The van der Waals surface area contributed by atoms with Crippen LogP contribution in [0.25, 0.3) is 0 Å². The van der Waals surface area contributed by atoms with Crippen molar-refractivity contribution in [2.24, 2.45) is 5.41 Å². The molecule has 0 saturated carbocycles. The first-order valence-corrected chi connectivity index (χ1v) is 7.24. The molecule has 1 heterocycles. The highest BCUT2D eigenvalue weighted by Gasteiger charge is 2.27. The topological polar surface area (TPSA) is 50.4 Å². The second-order valence-electron chi connectivity index (χ2n) is 5.62. The predicted octanol–water partition coefficient (Wildman–Crippen LogP) is 2.47. The van der Waals surface area contributed by atoms with Crippen molar-refractivity contribution in [1.82, 2.24) is 10.6 Å². The van der Waals surface area contributed by atoms with Gasteiger partial charge >= 0.3 is 0 Å². The van der Waals surface area contributed by atoms with E-state index in [-0.39, 0.29) is 11.3 Å². The van der Waals surface area contributed by atoms with E-state index in [1.807, 2.05) is 0 Å². The quantitative estimate of drug-likeness (QED) is 0.897. The van der Waals surface area contributed by atoms with Crippen LogP contribution in [0.2, 0.25) is 5.02 Å². The van der Waals surface area contributed by atoms with Crippen molar-refractivity contribution in [3.05, 3.63) is 28.8 Å². The first kappa shape index (κ1) is 15.1. The minimum atomic E-state index is -0.120. The van der Waals surface area contributed by atoms with Crippen LogP contribution in [-0.4, -0.2) is 32.7 Å². The van der Waals surface area contributed by atoms with Crippen LogP contribution in [0.1, 0.15) is 30.1 Å². The monoisotopic (exact) mass is 296 g/mol. The summed E-state index contributed by atoms with van der Waals surface area (Å²) in [6.07, 6.45) is 2.27. The Morgan fingerprint density at radius 2 is 2.35 bits per heavy atom. The number of rotatable bonds is 4. The Kier molecular flexibility index (Phi) is 4.89. The van der Waals surface area contributed by atoms with Crippen LogP contribution in [0.15, 0.2) is 18.2 Å². The molecule has 1 aromatic carbocycles. The fourth-order valence-electron chi connectivity index (χ4n) is 2.51. The molecule has 1 aliphatic rings. The normalized spacial score (nSPS) is 22.4. The van der Waals surface area contributed by atoms with Gasteiger partial charge in [0.05, 0.1) is 12.7 Å². The summed E-state index contributed by atoms with van der Waals surface area (Å²) >= 11 is 5.90. The van der Waals surface area contributed by atoms with Gasteiger partial charge in [-0.05, 0) is 43.0 Å². The number of methoxy groups -OCH3 is 1. The third-order valence-electron chi connectivity index (χ3n) is 3.77. The van der Waals surface area contributed by atoms with Crippen molar-refractivity contribution in [2.75, 3.05) is 26.7 Å². The lowest BCUT2D eigenvalue weighted by molar-refractivity contribution is 0.0921. The molecule has 0 radical (unpaired) electrons. The largest absolute Gasteiger partial charge is 0.496 e. The van der Waals surface area contributed by atoms with E-state index in [2.05, 4.69) is 17.6 Å². The molecule has 2 N–H and O–H groups in total. The van der Waals surface area contributed by atoms with Crippen molar-refractivity contribution in [3.63, 3.8) is 0 Å². The van der Waals surface area contributed by atoms with E-state index in [1.54, 1.807) is 18.2 Å². The van der Waals surface area contributed by atoms with Crippen molar-refractivity contribution < 1.29 is 9.53 Å². The summed E-state index contributed by atoms with van der Waals surface area (Å²) in [5.74, 6) is 0.382. The number of hydrogen-bond donors (Lipinski definition) is 2. The van der Waals surface area contributed by atoms with E-state index < -0.39 is 0 Å².